The largest absolute Gasteiger partial charge is 0.305 e. The monoisotopic (exact) mass is 485 g/mol. The van der Waals surface area contributed by atoms with Gasteiger partial charge >= 0.3 is 0 Å². The highest BCUT2D eigenvalue weighted by atomic mass is 19.2. The Morgan fingerprint density at radius 3 is 2.00 bits per heavy atom. The number of hydrogen-bond acceptors (Lipinski definition) is 3. The maximum Gasteiger partial charge on any atom is 0.257 e. The molecule has 1 N–H and O–H groups in total. The number of benzene rings is 3. The molecule has 0 saturated heterocycles. The van der Waals surface area contributed by atoms with Crippen LogP contribution in [-0.2, 0) is 6.54 Å². The van der Waals surface area contributed by atoms with E-state index in [9.17, 15) is 31.5 Å². The molecule has 0 aliphatic heterocycles. The molecule has 4 rings (SSSR count). The van der Waals surface area contributed by atoms with Gasteiger partial charge in [-0.1, -0.05) is 48.0 Å². The van der Waals surface area contributed by atoms with Crippen LogP contribution in [0, 0.1) is 36.0 Å². The van der Waals surface area contributed by atoms with Crippen LogP contribution in [0.25, 0.3) is 0 Å². The molecule has 178 valence electrons. The molecule has 1 aromatic heterocycles. The van der Waals surface area contributed by atoms with E-state index in [1.807, 2.05) is 6.92 Å². The van der Waals surface area contributed by atoms with Crippen LogP contribution in [-0.4, -0.2) is 21.5 Å². The molecular formula is C25H16F5N3O2. The number of nitrogens with one attached hydrogen (secondary N) is 1. The van der Waals surface area contributed by atoms with E-state index in [0.717, 1.165) is 10.2 Å². The third-order valence-electron chi connectivity index (χ3n) is 5.23. The predicted octanol–water partition coefficient (Wildman–Crippen LogP) is 5.42. The summed E-state index contributed by atoms with van der Waals surface area (Å²) < 4.78 is 68.9. The fourth-order valence-electron chi connectivity index (χ4n) is 3.39. The average molecular weight is 485 g/mol. The molecule has 3 aromatic carbocycles. The zero-order chi connectivity index (χ0) is 25.3. The Morgan fingerprint density at radius 2 is 1.37 bits per heavy atom. The topological polar surface area (TPSA) is 64.0 Å². The third kappa shape index (κ3) is 4.68. The molecule has 10 heteroatoms. The highest BCUT2D eigenvalue weighted by Gasteiger charge is 2.26. The van der Waals surface area contributed by atoms with Gasteiger partial charge in [-0.15, -0.1) is 0 Å². The van der Waals surface area contributed by atoms with Crippen LogP contribution in [0.5, 0.6) is 0 Å². The Kier molecular flexibility index (Phi) is 6.46. The number of halogens is 5. The maximum absolute atomic E-state index is 13.9. The maximum atomic E-state index is 13.9. The molecule has 0 radical (unpaired) electrons. The highest BCUT2D eigenvalue weighted by molar-refractivity contribution is 6.17. The molecule has 1 amide bonds. The summed E-state index contributed by atoms with van der Waals surface area (Å²) in [4.78, 5) is 25.8. The van der Waals surface area contributed by atoms with E-state index < -0.39 is 47.1 Å². The smallest absolute Gasteiger partial charge is 0.257 e. The van der Waals surface area contributed by atoms with Crippen molar-refractivity contribution in [1.82, 2.24) is 9.78 Å². The Balaban J connectivity index is 1.55. The van der Waals surface area contributed by atoms with Crippen molar-refractivity contribution >= 4 is 17.5 Å². The molecule has 0 spiro atoms. The van der Waals surface area contributed by atoms with Crippen molar-refractivity contribution in [2.24, 2.45) is 0 Å². The number of aryl methyl sites for hydroxylation is 1. The summed E-state index contributed by atoms with van der Waals surface area (Å²) in [6.45, 7) is 1.10. The van der Waals surface area contributed by atoms with Crippen molar-refractivity contribution in [1.29, 1.82) is 0 Å². The number of ketones is 1. The van der Waals surface area contributed by atoms with Crippen molar-refractivity contribution in [3.05, 3.63) is 118 Å². The Morgan fingerprint density at radius 1 is 0.800 bits per heavy atom. The normalized spacial score (nSPS) is 10.9. The quantitative estimate of drug-likeness (QED) is 0.172. The van der Waals surface area contributed by atoms with Gasteiger partial charge in [0.15, 0.2) is 34.9 Å². The predicted molar refractivity (Wildman–Crippen MR) is 117 cm³/mol. The molecule has 0 unspecified atom stereocenters. The van der Waals surface area contributed by atoms with Crippen molar-refractivity contribution in [2.75, 3.05) is 5.32 Å². The molecule has 35 heavy (non-hydrogen) atoms. The van der Waals surface area contributed by atoms with Gasteiger partial charge in [-0.2, -0.15) is 5.10 Å². The summed E-state index contributed by atoms with van der Waals surface area (Å²) in [5.74, 6) is -11.4. The molecule has 0 aliphatic rings. The average Bonchev–Trinajstić information content (AvgIpc) is 3.31. The summed E-state index contributed by atoms with van der Waals surface area (Å²) in [7, 11) is 0. The first-order chi connectivity index (χ1) is 16.7. The SMILES string of the molecule is Cc1ccc(C(=O)c2ccccc2C(=O)Nc2ccn(Cc3c(F)c(F)c(F)c(F)c3F)n2)cc1. The van der Waals surface area contributed by atoms with Gasteiger partial charge in [0.1, 0.15) is 0 Å². The first-order valence-electron chi connectivity index (χ1n) is 10.2. The second-order valence-electron chi connectivity index (χ2n) is 7.64. The number of nitrogens with zero attached hydrogens (tertiary/aromatic N) is 2. The van der Waals surface area contributed by atoms with Crippen LogP contribution in [0.3, 0.4) is 0 Å². The van der Waals surface area contributed by atoms with Crippen LogP contribution in [0.4, 0.5) is 27.8 Å². The fourth-order valence-corrected chi connectivity index (χ4v) is 3.39. The summed E-state index contributed by atoms with van der Waals surface area (Å²) in [6.07, 6.45) is 1.19. The minimum Gasteiger partial charge on any atom is -0.305 e. The lowest BCUT2D eigenvalue weighted by molar-refractivity contribution is 0.0996. The van der Waals surface area contributed by atoms with E-state index in [-0.39, 0.29) is 22.7 Å². The lowest BCUT2D eigenvalue weighted by Crippen LogP contribution is -2.17. The van der Waals surface area contributed by atoms with Gasteiger partial charge in [0.05, 0.1) is 17.7 Å². The number of carbonyl (C=O) groups excluding carboxylic acids is 2. The number of aromatic nitrogens is 2. The van der Waals surface area contributed by atoms with Crippen LogP contribution >= 0.6 is 0 Å². The first-order valence-corrected chi connectivity index (χ1v) is 10.2. The van der Waals surface area contributed by atoms with Crippen molar-refractivity contribution in [3.63, 3.8) is 0 Å². The molecule has 0 saturated carbocycles. The van der Waals surface area contributed by atoms with E-state index in [2.05, 4.69) is 10.4 Å². The van der Waals surface area contributed by atoms with Crippen molar-refractivity contribution < 1.29 is 31.5 Å². The summed E-state index contributed by atoms with van der Waals surface area (Å²) in [5.41, 5.74) is 0.496. The third-order valence-corrected chi connectivity index (χ3v) is 5.23. The molecule has 0 bridgehead atoms. The van der Waals surface area contributed by atoms with E-state index in [0.29, 0.717) is 5.56 Å². The summed E-state index contributed by atoms with van der Waals surface area (Å²) in [5, 5.41) is 6.37. The number of amides is 1. The number of carbonyl (C=O) groups is 2. The van der Waals surface area contributed by atoms with Crippen LogP contribution in [0.1, 0.15) is 37.4 Å². The van der Waals surface area contributed by atoms with Crippen LogP contribution in [0.15, 0.2) is 60.8 Å². The zero-order valence-corrected chi connectivity index (χ0v) is 18.1. The van der Waals surface area contributed by atoms with Gasteiger partial charge in [0, 0.05) is 23.4 Å². The molecule has 4 aromatic rings. The van der Waals surface area contributed by atoms with Crippen LogP contribution < -0.4 is 5.32 Å². The Labute approximate surface area is 195 Å². The summed E-state index contributed by atoms with van der Waals surface area (Å²) in [6, 6.07) is 14.2. The molecular weight excluding hydrogens is 469 g/mol. The molecule has 1 heterocycles. The van der Waals surface area contributed by atoms with E-state index >= 15 is 0 Å². The fraction of sp³-hybridized carbons (Fsp3) is 0.0800. The standard InChI is InChI=1S/C25H16F5N3O2/c1-13-6-8-14(9-7-13)24(34)15-4-2-3-5-16(15)25(35)31-18-10-11-33(32-18)12-17-19(26)21(28)23(30)22(29)20(17)27/h2-11H,12H2,1H3,(H,31,32,35). The van der Waals surface area contributed by atoms with Gasteiger partial charge in [-0.25, -0.2) is 22.0 Å². The minimum atomic E-state index is -2.25. The lowest BCUT2D eigenvalue weighted by Gasteiger charge is -2.09. The second-order valence-corrected chi connectivity index (χ2v) is 7.64. The highest BCUT2D eigenvalue weighted by Crippen LogP contribution is 2.24. The number of anilines is 1. The number of rotatable bonds is 6. The number of hydrogen-bond donors (Lipinski definition) is 1. The van der Waals surface area contributed by atoms with Gasteiger partial charge in [-0.05, 0) is 13.0 Å². The second kappa shape index (κ2) is 9.49. The van der Waals surface area contributed by atoms with Gasteiger partial charge in [-0.3, -0.25) is 14.3 Å². The molecule has 0 fully saturated rings. The minimum absolute atomic E-state index is 0.0588. The Bertz CT molecular complexity index is 1420. The molecule has 0 aliphatic carbocycles. The molecule has 0 atom stereocenters. The van der Waals surface area contributed by atoms with Crippen molar-refractivity contribution in [2.45, 2.75) is 13.5 Å². The summed E-state index contributed by atoms with van der Waals surface area (Å²) >= 11 is 0. The van der Waals surface area contributed by atoms with E-state index in [4.69, 9.17) is 0 Å². The van der Waals surface area contributed by atoms with Crippen LogP contribution in [0.2, 0.25) is 0 Å². The first kappa shape index (κ1) is 23.8. The van der Waals surface area contributed by atoms with Gasteiger partial charge < -0.3 is 5.32 Å². The van der Waals surface area contributed by atoms with Gasteiger partial charge in [0.2, 0.25) is 5.82 Å². The van der Waals surface area contributed by atoms with Crippen molar-refractivity contribution in [3.8, 4) is 0 Å². The Hall–Kier alpha value is -4.34. The van der Waals surface area contributed by atoms with Gasteiger partial charge in [0.25, 0.3) is 5.91 Å². The van der Waals surface area contributed by atoms with E-state index in [1.54, 1.807) is 36.4 Å². The zero-order valence-electron chi connectivity index (χ0n) is 18.1. The lowest BCUT2D eigenvalue weighted by atomic mass is 9.97. The van der Waals surface area contributed by atoms with E-state index in [1.165, 1.54) is 24.4 Å². The molecule has 5 nitrogen and oxygen atoms in total.